The molecule has 0 saturated heterocycles. The van der Waals surface area contributed by atoms with E-state index in [0.29, 0.717) is 16.7 Å². The molecule has 1 aromatic carbocycles. The van der Waals surface area contributed by atoms with Crippen LogP contribution in [0.5, 0.6) is 0 Å². The van der Waals surface area contributed by atoms with Crippen molar-refractivity contribution in [2.45, 2.75) is 91.3 Å². The van der Waals surface area contributed by atoms with Gasteiger partial charge in [-0.2, -0.15) is 0 Å². The third-order valence-electron chi connectivity index (χ3n) is 9.09. The Balaban J connectivity index is 1.80. The molecule has 2 N–H and O–H groups in total. The van der Waals surface area contributed by atoms with Crippen LogP contribution in [0.4, 0.5) is 0 Å². The molecule has 3 aliphatic carbocycles. The number of rotatable bonds is 5. The van der Waals surface area contributed by atoms with Crippen molar-refractivity contribution in [1.82, 2.24) is 0 Å². The number of carbonyl (C=O) groups excluding carboxylic acids is 4. The number of esters is 3. The van der Waals surface area contributed by atoms with Crippen LogP contribution in [0.3, 0.4) is 0 Å². The standard InChI is InChI=1S/C33H40O9/c1-18-25(40-19(2)34)15-23-24(36)14-22-17-33(6,31(39)30(38)29(18)32(23,4)5)27(41-20(3)35)16-26(22)42-28(37)13-12-21-10-8-7-9-11-21/h7-14,23-27,30,36,38H,15-17H2,1-6H3/b13-12+,22-14+/t23-,24?,25?,26?,27?,30?,33-/m0/s1. The molecule has 5 unspecified atom stereocenters. The van der Waals surface area contributed by atoms with Gasteiger partial charge in [-0.1, -0.05) is 50.3 Å². The Bertz CT molecular complexity index is 1340. The molecular formula is C33H40O9. The lowest BCUT2D eigenvalue weighted by Gasteiger charge is -2.50. The second kappa shape index (κ2) is 12.0. The van der Waals surface area contributed by atoms with Gasteiger partial charge in [-0.3, -0.25) is 14.4 Å². The number of carbonyl (C=O) groups is 4. The van der Waals surface area contributed by atoms with Gasteiger partial charge in [0.15, 0.2) is 5.78 Å². The van der Waals surface area contributed by atoms with E-state index < -0.39 is 71.0 Å². The summed E-state index contributed by atoms with van der Waals surface area (Å²) >= 11 is 0. The minimum absolute atomic E-state index is 0.00883. The van der Waals surface area contributed by atoms with Crippen LogP contribution in [0.1, 0.15) is 66.4 Å². The Morgan fingerprint density at radius 2 is 1.57 bits per heavy atom. The highest BCUT2D eigenvalue weighted by Gasteiger charge is 2.56. The van der Waals surface area contributed by atoms with E-state index in [0.717, 1.165) is 5.56 Å². The molecule has 3 aliphatic rings. The number of hydrogen-bond acceptors (Lipinski definition) is 9. The van der Waals surface area contributed by atoms with Gasteiger partial charge in [-0.05, 0) is 60.5 Å². The van der Waals surface area contributed by atoms with Gasteiger partial charge in [0.25, 0.3) is 0 Å². The van der Waals surface area contributed by atoms with Gasteiger partial charge in [-0.25, -0.2) is 4.79 Å². The molecule has 4 bridgehead atoms. The molecular weight excluding hydrogens is 540 g/mol. The molecule has 0 spiro atoms. The molecule has 0 amide bonds. The van der Waals surface area contributed by atoms with Crippen LogP contribution < -0.4 is 0 Å². The summed E-state index contributed by atoms with van der Waals surface area (Å²) in [5.74, 6) is -2.88. The molecule has 0 heterocycles. The molecule has 0 aliphatic heterocycles. The first-order valence-electron chi connectivity index (χ1n) is 14.3. The minimum atomic E-state index is -1.61. The number of aliphatic hydroxyl groups excluding tert-OH is 2. The van der Waals surface area contributed by atoms with Gasteiger partial charge < -0.3 is 24.4 Å². The van der Waals surface area contributed by atoms with Gasteiger partial charge in [0.05, 0.1) is 11.5 Å². The van der Waals surface area contributed by atoms with E-state index in [4.69, 9.17) is 14.2 Å². The summed E-state index contributed by atoms with van der Waals surface area (Å²) < 4.78 is 17.0. The van der Waals surface area contributed by atoms with E-state index >= 15 is 0 Å². The molecule has 42 heavy (non-hydrogen) atoms. The predicted molar refractivity (Wildman–Crippen MR) is 153 cm³/mol. The van der Waals surface area contributed by atoms with Crippen molar-refractivity contribution in [1.29, 1.82) is 0 Å². The van der Waals surface area contributed by atoms with Crippen LogP contribution >= 0.6 is 0 Å². The predicted octanol–water partition coefficient (Wildman–Crippen LogP) is 3.87. The van der Waals surface area contributed by atoms with Crippen molar-refractivity contribution in [3.63, 3.8) is 0 Å². The fourth-order valence-electron chi connectivity index (χ4n) is 6.91. The van der Waals surface area contributed by atoms with Crippen molar-refractivity contribution in [3.05, 3.63) is 64.8 Å². The maximum absolute atomic E-state index is 14.2. The second-order valence-corrected chi connectivity index (χ2v) is 12.4. The van der Waals surface area contributed by atoms with Gasteiger partial charge >= 0.3 is 17.9 Å². The maximum Gasteiger partial charge on any atom is 0.331 e. The van der Waals surface area contributed by atoms with Crippen LogP contribution in [0.25, 0.3) is 6.08 Å². The highest BCUT2D eigenvalue weighted by molar-refractivity contribution is 5.93. The van der Waals surface area contributed by atoms with E-state index in [-0.39, 0.29) is 19.3 Å². The minimum Gasteiger partial charge on any atom is -0.461 e. The van der Waals surface area contributed by atoms with E-state index in [2.05, 4.69) is 0 Å². The van der Waals surface area contributed by atoms with Gasteiger partial charge in [0, 0.05) is 32.3 Å². The van der Waals surface area contributed by atoms with E-state index in [9.17, 15) is 29.4 Å². The molecule has 7 atom stereocenters. The number of hydrogen-bond donors (Lipinski definition) is 2. The number of Topliss-reactive ketones (excluding diaryl/α,β-unsaturated/α-hetero) is 1. The highest BCUT2D eigenvalue weighted by Crippen LogP contribution is 2.53. The zero-order valence-electron chi connectivity index (χ0n) is 25.0. The Morgan fingerprint density at radius 1 is 0.929 bits per heavy atom. The second-order valence-electron chi connectivity index (χ2n) is 12.4. The Morgan fingerprint density at radius 3 is 2.19 bits per heavy atom. The lowest BCUT2D eigenvalue weighted by molar-refractivity contribution is -0.168. The summed E-state index contributed by atoms with van der Waals surface area (Å²) in [4.78, 5) is 51.2. The zero-order valence-corrected chi connectivity index (χ0v) is 25.0. The Hall–Kier alpha value is -3.56. The summed E-state index contributed by atoms with van der Waals surface area (Å²) in [5, 5.41) is 23.3. The van der Waals surface area contributed by atoms with Crippen LogP contribution in [0, 0.1) is 16.7 Å². The number of benzene rings is 1. The molecule has 1 aromatic rings. The zero-order chi connectivity index (χ0) is 31.0. The van der Waals surface area contributed by atoms with E-state index in [1.165, 1.54) is 19.9 Å². The Kier molecular flexibility index (Phi) is 8.94. The number of aliphatic hydroxyl groups is 2. The van der Waals surface area contributed by atoms with Crippen LogP contribution in [-0.2, 0) is 33.4 Å². The SMILES string of the molecule is CC(=O)OC1C[C@H]2C(O)/C=C3\C[C@](C)(C(=O)C(O)C(=C1C)C2(C)C)C(OC(C)=O)CC3OC(=O)/C=C/c1ccccc1. The highest BCUT2D eigenvalue weighted by atomic mass is 16.6. The Labute approximate surface area is 246 Å². The molecule has 0 radical (unpaired) electrons. The van der Waals surface area contributed by atoms with Crippen molar-refractivity contribution >= 4 is 29.8 Å². The summed E-state index contributed by atoms with van der Waals surface area (Å²) in [5.41, 5.74) is -0.0415. The largest absolute Gasteiger partial charge is 0.461 e. The van der Waals surface area contributed by atoms with Crippen molar-refractivity contribution in [3.8, 4) is 0 Å². The van der Waals surface area contributed by atoms with E-state index in [1.54, 1.807) is 26.0 Å². The number of ether oxygens (including phenoxy) is 3. The average Bonchev–Trinajstić information content (AvgIpc) is 2.90. The fourth-order valence-corrected chi connectivity index (χ4v) is 6.91. The van der Waals surface area contributed by atoms with Crippen LogP contribution in [-0.4, -0.2) is 64.4 Å². The van der Waals surface area contributed by atoms with Crippen LogP contribution in [0.2, 0.25) is 0 Å². The topological polar surface area (TPSA) is 136 Å². The van der Waals surface area contributed by atoms with Gasteiger partial charge in [0.2, 0.25) is 0 Å². The lowest BCUT2D eigenvalue weighted by Crippen LogP contribution is -2.56. The first-order chi connectivity index (χ1) is 19.6. The van der Waals surface area contributed by atoms with Gasteiger partial charge in [0.1, 0.15) is 24.4 Å². The molecule has 9 nitrogen and oxygen atoms in total. The normalized spacial score (nSPS) is 33.8. The summed E-state index contributed by atoms with van der Waals surface area (Å²) in [6.45, 7) is 9.54. The summed E-state index contributed by atoms with van der Waals surface area (Å²) in [6, 6.07) is 9.22. The lowest BCUT2D eigenvalue weighted by atomic mass is 9.57. The molecule has 9 heteroatoms. The first-order valence-corrected chi connectivity index (χ1v) is 14.3. The smallest absolute Gasteiger partial charge is 0.331 e. The number of ketones is 1. The molecule has 4 rings (SSSR count). The third kappa shape index (κ3) is 6.13. The first kappa shape index (κ1) is 31.4. The van der Waals surface area contributed by atoms with E-state index in [1.807, 2.05) is 44.2 Å². The monoisotopic (exact) mass is 580 g/mol. The molecule has 1 saturated carbocycles. The molecule has 226 valence electrons. The molecule has 0 aromatic heterocycles. The number of fused-ring (bicyclic) bond motifs is 4. The van der Waals surface area contributed by atoms with Crippen LogP contribution in [0.15, 0.2) is 59.2 Å². The third-order valence-corrected chi connectivity index (χ3v) is 9.09. The van der Waals surface area contributed by atoms with Crippen molar-refractivity contribution < 1.29 is 43.6 Å². The summed E-state index contributed by atoms with van der Waals surface area (Å²) in [6.07, 6.45) is -0.612. The van der Waals surface area contributed by atoms with Crippen molar-refractivity contribution in [2.75, 3.05) is 0 Å². The average molecular weight is 581 g/mol. The van der Waals surface area contributed by atoms with Crippen molar-refractivity contribution in [2.24, 2.45) is 16.7 Å². The summed E-state index contributed by atoms with van der Waals surface area (Å²) in [7, 11) is 0. The maximum atomic E-state index is 14.2. The fraction of sp³-hybridized carbons (Fsp3) is 0.515. The molecule has 1 fully saturated rings. The quantitative estimate of drug-likeness (QED) is 0.230. The van der Waals surface area contributed by atoms with Gasteiger partial charge in [-0.15, -0.1) is 0 Å².